The lowest BCUT2D eigenvalue weighted by Crippen LogP contribution is -2.50. The molecule has 0 radical (unpaired) electrons. The molecule has 0 bridgehead atoms. The Morgan fingerprint density at radius 1 is 1.26 bits per heavy atom. The van der Waals surface area contributed by atoms with Crippen molar-refractivity contribution in [3.05, 3.63) is 0 Å². The zero-order valence-corrected chi connectivity index (χ0v) is 16.2. The molecule has 1 N–H and O–H groups in total. The first kappa shape index (κ1) is 20.2. The van der Waals surface area contributed by atoms with E-state index in [1.54, 1.807) is 0 Å². The van der Waals surface area contributed by atoms with E-state index in [0.717, 1.165) is 19.0 Å². The fourth-order valence-electron chi connectivity index (χ4n) is 2.95. The van der Waals surface area contributed by atoms with Crippen LogP contribution in [0.3, 0.4) is 0 Å². The molecule has 1 amide bonds. The highest BCUT2D eigenvalue weighted by Crippen LogP contribution is 2.18. The Morgan fingerprint density at radius 2 is 1.91 bits per heavy atom. The monoisotopic (exact) mass is 327 g/mol. The minimum absolute atomic E-state index is 0.232. The van der Waals surface area contributed by atoms with E-state index in [0.29, 0.717) is 6.54 Å². The third-order valence-corrected chi connectivity index (χ3v) is 4.09. The normalized spacial score (nSPS) is 20.4. The molecule has 1 unspecified atom stereocenters. The Morgan fingerprint density at radius 3 is 2.43 bits per heavy atom. The van der Waals surface area contributed by atoms with Crippen LogP contribution in [0.25, 0.3) is 0 Å². The van der Waals surface area contributed by atoms with Crippen LogP contribution >= 0.6 is 0 Å². The van der Waals surface area contributed by atoms with Crippen LogP contribution < -0.4 is 5.32 Å². The molecule has 0 aliphatic carbocycles. The molecule has 1 atom stereocenters. The number of ether oxygens (including phenoxy) is 1. The second-order valence-electron chi connectivity index (χ2n) is 8.78. The lowest BCUT2D eigenvalue weighted by atomic mass is 9.98. The van der Waals surface area contributed by atoms with Crippen molar-refractivity contribution in [1.29, 1.82) is 0 Å². The van der Waals surface area contributed by atoms with E-state index in [1.165, 1.54) is 25.9 Å². The molecule has 0 spiro atoms. The van der Waals surface area contributed by atoms with Crippen LogP contribution in [-0.4, -0.2) is 66.8 Å². The Hall–Kier alpha value is -0.810. The van der Waals surface area contributed by atoms with Gasteiger partial charge in [0.25, 0.3) is 0 Å². The van der Waals surface area contributed by atoms with Gasteiger partial charge in [0, 0.05) is 25.2 Å². The van der Waals surface area contributed by atoms with E-state index in [1.807, 2.05) is 46.4 Å². The molecule has 5 nitrogen and oxygen atoms in total. The molecule has 1 aliphatic heterocycles. The van der Waals surface area contributed by atoms with E-state index >= 15 is 0 Å². The van der Waals surface area contributed by atoms with Gasteiger partial charge in [-0.3, -0.25) is 0 Å². The first-order valence-electron chi connectivity index (χ1n) is 8.89. The van der Waals surface area contributed by atoms with Gasteiger partial charge in [-0.2, -0.15) is 0 Å². The largest absolute Gasteiger partial charge is 0.444 e. The number of piperidine rings is 1. The van der Waals surface area contributed by atoms with Crippen LogP contribution in [0.4, 0.5) is 4.79 Å². The molecule has 136 valence electrons. The maximum absolute atomic E-state index is 12.4. The van der Waals surface area contributed by atoms with Crippen LogP contribution in [-0.2, 0) is 4.74 Å². The zero-order valence-electron chi connectivity index (χ0n) is 16.2. The van der Waals surface area contributed by atoms with Gasteiger partial charge in [-0.1, -0.05) is 0 Å². The van der Waals surface area contributed by atoms with E-state index in [-0.39, 0.29) is 11.6 Å². The maximum Gasteiger partial charge on any atom is 0.410 e. The molecule has 1 rings (SSSR count). The molecule has 0 aromatic carbocycles. The van der Waals surface area contributed by atoms with Gasteiger partial charge in [0.2, 0.25) is 0 Å². The van der Waals surface area contributed by atoms with E-state index in [4.69, 9.17) is 4.74 Å². The Labute approximate surface area is 142 Å². The molecule has 0 aromatic rings. The minimum Gasteiger partial charge on any atom is -0.444 e. The molecule has 1 heterocycles. The van der Waals surface area contributed by atoms with Crippen molar-refractivity contribution in [1.82, 2.24) is 15.1 Å². The third kappa shape index (κ3) is 8.02. The Kier molecular flexibility index (Phi) is 7.33. The van der Waals surface area contributed by atoms with E-state index in [9.17, 15) is 4.79 Å². The highest BCUT2D eigenvalue weighted by molar-refractivity contribution is 5.69. The van der Waals surface area contributed by atoms with Gasteiger partial charge in [0.05, 0.1) is 0 Å². The van der Waals surface area contributed by atoms with Crippen LogP contribution in [0.2, 0.25) is 0 Å². The predicted octanol–water partition coefficient (Wildman–Crippen LogP) is 2.95. The Balaban J connectivity index is 2.41. The van der Waals surface area contributed by atoms with Gasteiger partial charge in [-0.15, -0.1) is 0 Å². The predicted molar refractivity (Wildman–Crippen MR) is 95.8 cm³/mol. The van der Waals surface area contributed by atoms with Crippen molar-refractivity contribution >= 4 is 6.09 Å². The fraction of sp³-hybridized carbons (Fsp3) is 0.944. The summed E-state index contributed by atoms with van der Waals surface area (Å²) in [5.41, 5.74) is -0.699. The van der Waals surface area contributed by atoms with Gasteiger partial charge in [0.1, 0.15) is 5.60 Å². The van der Waals surface area contributed by atoms with Crippen LogP contribution in [0.1, 0.15) is 54.4 Å². The number of nitrogens with zero attached hydrogens (tertiary/aromatic N) is 2. The number of carbonyl (C=O) groups excluding carboxylic acids is 1. The highest BCUT2D eigenvalue weighted by Gasteiger charge is 2.30. The molecule has 0 aromatic heterocycles. The van der Waals surface area contributed by atoms with Crippen molar-refractivity contribution < 1.29 is 9.53 Å². The first-order valence-corrected chi connectivity index (χ1v) is 8.89. The zero-order chi connectivity index (χ0) is 17.7. The SMILES string of the molecule is CN1CCCC(CNCCN(C(=O)OC(C)(C)C)C(C)(C)C)C1. The molecular formula is C18H37N3O2. The average molecular weight is 328 g/mol. The van der Waals surface area contributed by atoms with Crippen LogP contribution in [0, 0.1) is 5.92 Å². The molecule has 1 saturated heterocycles. The lowest BCUT2D eigenvalue weighted by Gasteiger charge is -2.37. The van der Waals surface area contributed by atoms with Gasteiger partial charge >= 0.3 is 6.09 Å². The number of carbonyl (C=O) groups is 1. The average Bonchev–Trinajstić information content (AvgIpc) is 2.34. The standard InChI is InChI=1S/C18H37N3O2/c1-17(2,3)21(16(22)23-18(4,5)6)12-10-19-13-15-9-8-11-20(7)14-15/h15,19H,8-14H2,1-7H3. The summed E-state index contributed by atoms with van der Waals surface area (Å²) >= 11 is 0. The molecule has 23 heavy (non-hydrogen) atoms. The summed E-state index contributed by atoms with van der Waals surface area (Å²) in [6, 6.07) is 0. The van der Waals surface area contributed by atoms with Crippen LogP contribution in [0.5, 0.6) is 0 Å². The van der Waals surface area contributed by atoms with Crippen molar-refractivity contribution in [2.75, 3.05) is 39.8 Å². The van der Waals surface area contributed by atoms with Gasteiger partial charge in [-0.05, 0) is 80.4 Å². The topological polar surface area (TPSA) is 44.8 Å². The number of hydrogen-bond acceptors (Lipinski definition) is 4. The summed E-state index contributed by atoms with van der Waals surface area (Å²) in [6.45, 7) is 16.7. The quantitative estimate of drug-likeness (QED) is 0.789. The smallest absolute Gasteiger partial charge is 0.410 e. The molecule has 0 saturated carbocycles. The van der Waals surface area contributed by atoms with Crippen molar-refractivity contribution in [3.8, 4) is 0 Å². The number of nitrogens with one attached hydrogen (secondary N) is 1. The Bertz CT molecular complexity index is 371. The summed E-state index contributed by atoms with van der Waals surface area (Å²) in [4.78, 5) is 16.6. The summed E-state index contributed by atoms with van der Waals surface area (Å²) < 4.78 is 5.54. The second-order valence-corrected chi connectivity index (χ2v) is 8.78. The summed E-state index contributed by atoms with van der Waals surface area (Å²) in [6.07, 6.45) is 2.35. The number of amides is 1. The van der Waals surface area contributed by atoms with E-state index < -0.39 is 5.60 Å². The first-order chi connectivity index (χ1) is 10.5. The molecular weight excluding hydrogens is 290 g/mol. The van der Waals surface area contributed by atoms with Gasteiger partial charge in [0.15, 0.2) is 0 Å². The third-order valence-electron chi connectivity index (χ3n) is 4.09. The van der Waals surface area contributed by atoms with Gasteiger partial charge < -0.3 is 19.9 Å². The summed E-state index contributed by atoms with van der Waals surface area (Å²) in [5.74, 6) is 0.721. The fourth-order valence-corrected chi connectivity index (χ4v) is 2.95. The van der Waals surface area contributed by atoms with E-state index in [2.05, 4.69) is 17.3 Å². The highest BCUT2D eigenvalue weighted by atomic mass is 16.6. The van der Waals surface area contributed by atoms with Crippen LogP contribution in [0.15, 0.2) is 0 Å². The molecule has 1 aliphatic rings. The second kappa shape index (κ2) is 8.34. The maximum atomic E-state index is 12.4. The van der Waals surface area contributed by atoms with Crippen molar-refractivity contribution in [2.24, 2.45) is 5.92 Å². The molecule has 1 fully saturated rings. The number of likely N-dealkylation sites (tertiary alicyclic amines) is 1. The van der Waals surface area contributed by atoms with Crippen molar-refractivity contribution in [3.63, 3.8) is 0 Å². The lowest BCUT2D eigenvalue weighted by molar-refractivity contribution is 0.00656. The number of hydrogen-bond donors (Lipinski definition) is 1. The molecule has 5 heteroatoms. The van der Waals surface area contributed by atoms with Crippen molar-refractivity contribution in [2.45, 2.75) is 65.5 Å². The minimum atomic E-state index is -0.458. The summed E-state index contributed by atoms with van der Waals surface area (Å²) in [7, 11) is 2.19. The van der Waals surface area contributed by atoms with Gasteiger partial charge in [-0.25, -0.2) is 4.79 Å². The number of rotatable bonds is 5. The summed E-state index contributed by atoms with van der Waals surface area (Å²) in [5, 5.41) is 3.52.